The Kier molecular flexibility index (Phi) is 3.05. The number of alkyl halides is 1. The van der Waals surface area contributed by atoms with Gasteiger partial charge in [-0.1, -0.05) is 28.8 Å². The van der Waals surface area contributed by atoms with Crippen LogP contribution in [0.15, 0.2) is 0 Å². The fourth-order valence-corrected chi connectivity index (χ4v) is 2.15. The van der Waals surface area contributed by atoms with Gasteiger partial charge in [-0.25, -0.2) is 0 Å². The van der Waals surface area contributed by atoms with E-state index in [4.69, 9.17) is 4.74 Å². The van der Waals surface area contributed by atoms with Crippen molar-refractivity contribution in [3.8, 4) is 0 Å². The second-order valence-corrected chi connectivity index (χ2v) is 6.19. The Balaban J connectivity index is 2.57. The van der Waals surface area contributed by atoms with Crippen molar-refractivity contribution >= 4 is 21.9 Å². The zero-order chi connectivity index (χ0) is 10.1. The molecule has 0 heterocycles. The number of carbonyl (C=O) groups is 1. The first-order valence-corrected chi connectivity index (χ1v) is 5.55. The molecule has 0 bridgehead atoms. The van der Waals surface area contributed by atoms with Crippen LogP contribution in [0, 0.1) is 0 Å². The van der Waals surface area contributed by atoms with Gasteiger partial charge in [0, 0.05) is 0 Å². The van der Waals surface area contributed by atoms with E-state index in [1.54, 1.807) is 0 Å². The van der Waals surface area contributed by atoms with Crippen LogP contribution >= 0.6 is 15.9 Å². The summed E-state index contributed by atoms with van der Waals surface area (Å²) >= 11 is 3.49. The molecule has 76 valence electrons. The average Bonchev–Trinajstić information content (AvgIpc) is 2.33. The van der Waals surface area contributed by atoms with Gasteiger partial charge >= 0.3 is 5.97 Å². The molecule has 1 aliphatic rings. The van der Waals surface area contributed by atoms with Crippen molar-refractivity contribution in [2.24, 2.45) is 0 Å². The predicted molar refractivity (Wildman–Crippen MR) is 56.0 cm³/mol. The highest BCUT2D eigenvalue weighted by atomic mass is 79.9. The molecule has 0 aromatic carbocycles. The molecule has 13 heavy (non-hydrogen) atoms. The van der Waals surface area contributed by atoms with Gasteiger partial charge < -0.3 is 4.74 Å². The lowest BCUT2D eigenvalue weighted by atomic mass is 10.1. The SMILES string of the molecule is CC(C)(C)OC(=O)C1(Br)CCCC1. The average molecular weight is 249 g/mol. The molecule has 0 saturated heterocycles. The summed E-state index contributed by atoms with van der Waals surface area (Å²) in [5.41, 5.74) is -0.375. The lowest BCUT2D eigenvalue weighted by Gasteiger charge is -2.26. The summed E-state index contributed by atoms with van der Waals surface area (Å²) in [6.45, 7) is 5.70. The molecule has 0 atom stereocenters. The van der Waals surface area contributed by atoms with E-state index in [0.29, 0.717) is 0 Å². The molecule has 0 aromatic rings. The molecule has 0 aromatic heterocycles. The topological polar surface area (TPSA) is 26.3 Å². The van der Waals surface area contributed by atoms with Gasteiger partial charge in [-0.2, -0.15) is 0 Å². The molecule has 1 saturated carbocycles. The summed E-state index contributed by atoms with van der Waals surface area (Å²) in [7, 11) is 0. The number of ether oxygens (including phenoxy) is 1. The lowest BCUT2D eigenvalue weighted by Crippen LogP contribution is -2.36. The molecule has 2 nitrogen and oxygen atoms in total. The molecule has 0 spiro atoms. The van der Waals surface area contributed by atoms with Crippen LogP contribution in [0.5, 0.6) is 0 Å². The van der Waals surface area contributed by atoms with Gasteiger partial charge in [-0.3, -0.25) is 4.79 Å². The molecule has 1 aliphatic carbocycles. The Hall–Kier alpha value is -0.0500. The Morgan fingerprint density at radius 3 is 2.15 bits per heavy atom. The molecule has 3 heteroatoms. The van der Waals surface area contributed by atoms with E-state index in [-0.39, 0.29) is 15.9 Å². The summed E-state index contributed by atoms with van der Waals surface area (Å²) in [5.74, 6) is -0.0995. The molecular weight excluding hydrogens is 232 g/mol. The standard InChI is InChI=1S/C10H17BrO2/c1-9(2,3)13-8(12)10(11)6-4-5-7-10/h4-7H2,1-3H3. The first kappa shape index (κ1) is 11.0. The highest BCUT2D eigenvalue weighted by Gasteiger charge is 2.41. The van der Waals surface area contributed by atoms with Crippen LogP contribution in [0.4, 0.5) is 0 Å². The van der Waals surface area contributed by atoms with Crippen LogP contribution in [0.2, 0.25) is 0 Å². The molecule has 0 N–H and O–H groups in total. The van der Waals surface area contributed by atoms with Crippen LogP contribution in [-0.2, 0) is 9.53 Å². The summed E-state index contributed by atoms with van der Waals surface area (Å²) in [4.78, 5) is 11.7. The van der Waals surface area contributed by atoms with Gasteiger partial charge in [0.15, 0.2) is 0 Å². The third kappa shape index (κ3) is 2.97. The minimum absolute atomic E-state index is 0.0995. The van der Waals surface area contributed by atoms with E-state index in [1.165, 1.54) is 0 Å². The van der Waals surface area contributed by atoms with Crippen molar-refractivity contribution in [1.82, 2.24) is 0 Å². The van der Waals surface area contributed by atoms with E-state index >= 15 is 0 Å². The van der Waals surface area contributed by atoms with Gasteiger partial charge in [-0.05, 0) is 33.6 Å². The van der Waals surface area contributed by atoms with Crippen molar-refractivity contribution in [2.45, 2.75) is 56.4 Å². The van der Waals surface area contributed by atoms with Gasteiger partial charge in [-0.15, -0.1) is 0 Å². The van der Waals surface area contributed by atoms with E-state index in [2.05, 4.69) is 15.9 Å². The highest BCUT2D eigenvalue weighted by molar-refractivity contribution is 9.10. The summed E-state index contributed by atoms with van der Waals surface area (Å²) < 4.78 is 4.95. The second-order valence-electron chi connectivity index (χ2n) is 4.67. The number of hydrogen-bond acceptors (Lipinski definition) is 2. The quantitative estimate of drug-likeness (QED) is 0.527. The van der Waals surface area contributed by atoms with Crippen molar-refractivity contribution in [3.05, 3.63) is 0 Å². The third-order valence-electron chi connectivity index (χ3n) is 2.16. The number of hydrogen-bond donors (Lipinski definition) is 0. The Morgan fingerprint density at radius 2 is 1.77 bits per heavy atom. The molecular formula is C10H17BrO2. The molecule has 0 radical (unpaired) electrons. The number of esters is 1. The second kappa shape index (κ2) is 3.60. The van der Waals surface area contributed by atoms with Gasteiger partial charge in [0.1, 0.15) is 9.93 Å². The van der Waals surface area contributed by atoms with Crippen molar-refractivity contribution in [3.63, 3.8) is 0 Å². The maximum absolute atomic E-state index is 11.7. The highest BCUT2D eigenvalue weighted by Crippen LogP contribution is 2.39. The van der Waals surface area contributed by atoms with E-state index < -0.39 is 0 Å². The zero-order valence-electron chi connectivity index (χ0n) is 8.52. The minimum Gasteiger partial charge on any atom is -0.459 e. The maximum atomic E-state index is 11.7. The molecule has 0 unspecified atom stereocenters. The van der Waals surface area contributed by atoms with Crippen molar-refractivity contribution < 1.29 is 9.53 Å². The van der Waals surface area contributed by atoms with Crippen LogP contribution in [0.1, 0.15) is 46.5 Å². The van der Waals surface area contributed by atoms with Crippen molar-refractivity contribution in [2.75, 3.05) is 0 Å². The molecule has 0 aliphatic heterocycles. The largest absolute Gasteiger partial charge is 0.459 e. The van der Waals surface area contributed by atoms with Crippen LogP contribution in [0.25, 0.3) is 0 Å². The minimum atomic E-state index is -0.389. The smallest absolute Gasteiger partial charge is 0.323 e. The number of carbonyl (C=O) groups excluding carboxylic acids is 1. The molecule has 0 amide bonds. The van der Waals surface area contributed by atoms with Crippen molar-refractivity contribution in [1.29, 1.82) is 0 Å². The monoisotopic (exact) mass is 248 g/mol. The first-order valence-electron chi connectivity index (χ1n) is 4.76. The summed E-state index contributed by atoms with van der Waals surface area (Å²) in [6.07, 6.45) is 4.04. The molecule has 1 rings (SSSR count). The normalized spacial score (nSPS) is 21.5. The summed E-state index contributed by atoms with van der Waals surface area (Å²) in [6, 6.07) is 0. The van der Waals surface area contributed by atoms with Crippen LogP contribution in [0.3, 0.4) is 0 Å². The van der Waals surface area contributed by atoms with Crippen LogP contribution < -0.4 is 0 Å². The summed E-state index contributed by atoms with van der Waals surface area (Å²) in [5, 5.41) is 0. The lowest BCUT2D eigenvalue weighted by molar-refractivity contribution is -0.157. The van der Waals surface area contributed by atoms with Gasteiger partial charge in [0.05, 0.1) is 0 Å². The fourth-order valence-electron chi connectivity index (χ4n) is 1.51. The zero-order valence-corrected chi connectivity index (χ0v) is 10.1. The molecule has 1 fully saturated rings. The first-order chi connectivity index (χ1) is 5.83. The number of rotatable bonds is 1. The van der Waals surface area contributed by atoms with Gasteiger partial charge in [0.25, 0.3) is 0 Å². The maximum Gasteiger partial charge on any atom is 0.323 e. The van der Waals surface area contributed by atoms with E-state index in [9.17, 15) is 4.79 Å². The van der Waals surface area contributed by atoms with E-state index in [0.717, 1.165) is 25.7 Å². The fraction of sp³-hybridized carbons (Fsp3) is 0.900. The Bertz CT molecular complexity index is 199. The predicted octanol–water partition coefficient (Wildman–Crippen LogP) is 3.04. The van der Waals surface area contributed by atoms with Crippen LogP contribution in [-0.4, -0.2) is 15.9 Å². The Morgan fingerprint density at radius 1 is 1.31 bits per heavy atom. The number of halogens is 1. The van der Waals surface area contributed by atoms with Gasteiger partial charge in [0.2, 0.25) is 0 Å². The third-order valence-corrected chi connectivity index (χ3v) is 3.28. The Labute approximate surface area is 88.2 Å². The van der Waals surface area contributed by atoms with E-state index in [1.807, 2.05) is 20.8 Å².